The third-order valence-electron chi connectivity index (χ3n) is 13.0. The van der Waals surface area contributed by atoms with Crippen molar-refractivity contribution < 1.29 is 4.74 Å². The maximum Gasteiger partial charge on any atom is 0.0875 e. The van der Waals surface area contributed by atoms with Gasteiger partial charge < -0.3 is 4.74 Å². The van der Waals surface area contributed by atoms with Crippen LogP contribution >= 0.6 is 23.2 Å². The summed E-state index contributed by atoms with van der Waals surface area (Å²) in [6.07, 6.45) is 0.0480. The summed E-state index contributed by atoms with van der Waals surface area (Å²) in [4.78, 5) is 0. The number of hydrogen-bond acceptors (Lipinski definition) is 1. The van der Waals surface area contributed by atoms with Crippen LogP contribution in [0.25, 0.3) is 0 Å². The Labute approximate surface area is 272 Å². The molecule has 1 saturated heterocycles. The second-order valence-corrected chi connectivity index (χ2v) is 15.1. The van der Waals surface area contributed by atoms with Gasteiger partial charge in [0.15, 0.2) is 0 Å². The van der Waals surface area contributed by atoms with Crippen LogP contribution in [0.5, 0.6) is 0 Å². The molecule has 5 aromatic rings. The maximum absolute atomic E-state index is 7.22. The summed E-state index contributed by atoms with van der Waals surface area (Å²) in [5.41, 5.74) is 18.1. The van der Waals surface area contributed by atoms with Crippen LogP contribution in [-0.4, -0.2) is 0 Å². The number of hydrogen-bond donors (Lipinski definition) is 0. The van der Waals surface area contributed by atoms with Gasteiger partial charge in [-0.3, -0.25) is 0 Å². The van der Waals surface area contributed by atoms with E-state index in [1.54, 1.807) is 11.1 Å². The molecule has 2 heterocycles. The molecule has 0 spiro atoms. The molecule has 6 atom stereocenters. The van der Waals surface area contributed by atoms with E-state index in [-0.39, 0.29) is 24.0 Å². The number of halogens is 2. The van der Waals surface area contributed by atoms with Crippen LogP contribution in [0.15, 0.2) is 120 Å². The summed E-state index contributed by atoms with van der Waals surface area (Å²) in [6, 6.07) is 41.6. The molecule has 0 saturated carbocycles. The smallest absolute Gasteiger partial charge is 0.0875 e. The van der Waals surface area contributed by atoms with Crippen LogP contribution in [0.2, 0.25) is 10.0 Å². The highest BCUT2D eigenvalue weighted by atomic mass is 35.5. The van der Waals surface area contributed by atoms with E-state index in [1.807, 2.05) is 0 Å². The Balaban J connectivity index is 1.23. The number of benzene rings is 5. The minimum Gasteiger partial charge on any atom is -0.365 e. The van der Waals surface area contributed by atoms with E-state index in [0.717, 1.165) is 0 Å². The zero-order valence-corrected chi connectivity index (χ0v) is 25.8. The molecule has 0 unspecified atom stereocenters. The first-order chi connectivity index (χ1) is 22.2. The van der Waals surface area contributed by atoms with Gasteiger partial charge in [0.05, 0.1) is 22.3 Å². The third kappa shape index (κ3) is 2.70. The van der Waals surface area contributed by atoms with Gasteiger partial charge in [-0.25, -0.2) is 0 Å². The van der Waals surface area contributed by atoms with Crippen molar-refractivity contribution in [2.45, 2.75) is 35.9 Å². The predicted molar refractivity (Wildman–Crippen MR) is 177 cm³/mol. The van der Waals surface area contributed by atoms with Crippen molar-refractivity contribution in [3.8, 4) is 0 Å². The van der Waals surface area contributed by atoms with E-state index in [0.29, 0.717) is 45.6 Å². The summed E-state index contributed by atoms with van der Waals surface area (Å²) < 4.78 is 7.22. The third-order valence-corrected chi connectivity index (χ3v) is 13.7. The van der Waals surface area contributed by atoms with E-state index in [2.05, 4.69) is 109 Å². The highest BCUT2D eigenvalue weighted by molar-refractivity contribution is 6.42. The molecule has 0 radical (unpaired) electrons. The van der Waals surface area contributed by atoms with E-state index >= 15 is 0 Å². The number of fused-ring (bicyclic) bond motifs is 8. The first-order valence-corrected chi connectivity index (χ1v) is 17.2. The van der Waals surface area contributed by atoms with Crippen LogP contribution in [0.3, 0.4) is 0 Å². The van der Waals surface area contributed by atoms with Crippen molar-refractivity contribution in [3.05, 3.63) is 186 Å². The Morgan fingerprint density at radius 3 is 1.04 bits per heavy atom. The molecule has 6 bridgehead atoms. The van der Waals surface area contributed by atoms with Crippen LogP contribution in [-0.2, 0) is 4.74 Å². The molecule has 1 nitrogen and oxygen atoms in total. The van der Waals surface area contributed by atoms with Crippen molar-refractivity contribution in [1.29, 1.82) is 0 Å². The average molecular weight is 620 g/mol. The molecule has 0 N–H and O–H groups in total. The van der Waals surface area contributed by atoms with Crippen LogP contribution in [0.1, 0.15) is 91.5 Å². The first-order valence-electron chi connectivity index (χ1n) is 16.4. The first kappa shape index (κ1) is 24.6. The minimum atomic E-state index is 0.0240. The quantitative estimate of drug-likeness (QED) is 0.157. The van der Waals surface area contributed by atoms with Gasteiger partial charge in [-0.15, -0.1) is 0 Å². The fourth-order valence-corrected chi connectivity index (χ4v) is 12.2. The van der Waals surface area contributed by atoms with E-state index < -0.39 is 0 Å². The monoisotopic (exact) mass is 618 g/mol. The van der Waals surface area contributed by atoms with Gasteiger partial charge in [-0.2, -0.15) is 0 Å². The Bertz CT molecular complexity index is 1960. The van der Waals surface area contributed by atoms with Crippen molar-refractivity contribution in [1.82, 2.24) is 0 Å². The molecule has 9 aliphatic rings. The highest BCUT2D eigenvalue weighted by Crippen LogP contribution is 2.77. The topological polar surface area (TPSA) is 9.23 Å². The van der Waals surface area contributed by atoms with Crippen molar-refractivity contribution >= 4 is 23.2 Å². The fraction of sp³-hybridized carbons (Fsp3) is 0.238. The highest BCUT2D eigenvalue weighted by Gasteiger charge is 2.68. The Kier molecular flexibility index (Phi) is 4.48. The Morgan fingerprint density at radius 2 is 0.711 bits per heavy atom. The SMILES string of the molecule is Clc1cc2c(cc1Cl)[C@@H]1O[C@@H]2[C@@H]2[C@H]1[C@@H]1C(=C3C4c5ccccc5C(c5ccccc54)[C@@H]32)C2c3ccccc3C1c1ccccc12. The molecule has 216 valence electrons. The van der Waals surface area contributed by atoms with Gasteiger partial charge in [-0.1, -0.05) is 131 Å². The molecule has 14 rings (SSSR count). The van der Waals surface area contributed by atoms with Gasteiger partial charge >= 0.3 is 0 Å². The summed E-state index contributed by atoms with van der Waals surface area (Å²) >= 11 is 13.4. The van der Waals surface area contributed by atoms with E-state index in [4.69, 9.17) is 27.9 Å². The van der Waals surface area contributed by atoms with Gasteiger partial charge in [0.2, 0.25) is 0 Å². The summed E-state index contributed by atoms with van der Waals surface area (Å²) in [6.45, 7) is 0. The Morgan fingerprint density at radius 1 is 0.400 bits per heavy atom. The molecule has 0 amide bonds. The van der Waals surface area contributed by atoms with E-state index in [9.17, 15) is 0 Å². The lowest BCUT2D eigenvalue weighted by atomic mass is 9.41. The van der Waals surface area contributed by atoms with Gasteiger partial charge in [0.1, 0.15) is 0 Å². The van der Waals surface area contributed by atoms with Gasteiger partial charge in [0.25, 0.3) is 0 Å². The molecule has 45 heavy (non-hydrogen) atoms. The number of allylic oxidation sites excluding steroid dienone is 2. The van der Waals surface area contributed by atoms with Crippen molar-refractivity contribution in [2.24, 2.45) is 23.7 Å². The minimum absolute atomic E-state index is 0.0240. The molecular weight excluding hydrogens is 591 g/mol. The van der Waals surface area contributed by atoms with E-state index in [1.165, 1.54) is 55.6 Å². The predicted octanol–water partition coefficient (Wildman–Crippen LogP) is 10.5. The van der Waals surface area contributed by atoms with Crippen molar-refractivity contribution in [3.63, 3.8) is 0 Å². The lowest BCUT2D eigenvalue weighted by Gasteiger charge is -2.61. The normalized spacial score (nSPS) is 34.3. The fourth-order valence-electron chi connectivity index (χ4n) is 11.9. The zero-order valence-electron chi connectivity index (χ0n) is 24.3. The second-order valence-electron chi connectivity index (χ2n) is 14.3. The molecule has 0 aromatic heterocycles. The summed E-state index contributed by atoms with van der Waals surface area (Å²) in [5.74, 6) is 2.69. The molecule has 1 fully saturated rings. The zero-order chi connectivity index (χ0) is 29.3. The molecule has 3 heteroatoms. The molecule has 2 aliphatic heterocycles. The van der Waals surface area contributed by atoms with Gasteiger partial charge in [-0.05, 0) is 79.6 Å². The summed E-state index contributed by atoms with van der Waals surface area (Å²) in [5, 5.41) is 1.27. The van der Waals surface area contributed by atoms with Crippen LogP contribution in [0, 0.1) is 23.7 Å². The molecular formula is C42H28Cl2O. The maximum atomic E-state index is 7.22. The largest absolute Gasteiger partial charge is 0.365 e. The average Bonchev–Trinajstić information content (AvgIpc) is 3.65. The van der Waals surface area contributed by atoms with Crippen LogP contribution < -0.4 is 0 Å². The summed E-state index contributed by atoms with van der Waals surface area (Å²) in [7, 11) is 0. The van der Waals surface area contributed by atoms with Gasteiger partial charge in [0, 0.05) is 35.5 Å². The van der Waals surface area contributed by atoms with Crippen molar-refractivity contribution in [2.75, 3.05) is 0 Å². The lowest BCUT2D eigenvalue weighted by Crippen LogP contribution is -2.52. The molecule has 7 aliphatic carbocycles. The van der Waals surface area contributed by atoms with Crippen LogP contribution in [0.4, 0.5) is 0 Å². The molecule has 5 aromatic carbocycles. The standard InChI is InChI=1S/C42H28Cl2O/c43-29-17-27-28(18-30(29)44)42-40-38-34-25-15-7-3-11-21(25)32(22-12-4-8-16-26(22)34)36(38)35-31-19-9-1-5-13-23(19)33(24-14-6-2-10-20(24)31)37(35)39(40)41(27)45-42/h1-18,31-34,37-42H/t31?,32?,33?,34?,37-,38-,39-,40+,41-,42-/m0/s1. The lowest BCUT2D eigenvalue weighted by molar-refractivity contribution is 0.0469. The number of rotatable bonds is 0. The number of ether oxygens (including phenoxy) is 1. The second kappa shape index (κ2) is 8.20. The Hall–Kier alpha value is -3.62.